The fraction of sp³-hybridized carbons (Fsp3) is 0.333. The van der Waals surface area contributed by atoms with Crippen LogP contribution in [0.2, 0.25) is 5.02 Å². The smallest absolute Gasteiger partial charge is 0.253 e. The van der Waals surface area contributed by atoms with E-state index in [-0.39, 0.29) is 18.2 Å². The van der Waals surface area contributed by atoms with E-state index in [0.717, 1.165) is 31.5 Å². The second kappa shape index (κ2) is 8.37. The average Bonchev–Trinajstić information content (AvgIpc) is 2.64. The lowest BCUT2D eigenvalue weighted by atomic mass is 9.98. The Hall–Kier alpha value is -2.33. The Morgan fingerprint density at radius 1 is 1.12 bits per heavy atom. The molecule has 1 heterocycles. The molecule has 0 atom stereocenters. The third-order valence-corrected chi connectivity index (χ3v) is 4.99. The highest BCUT2D eigenvalue weighted by molar-refractivity contribution is 6.30. The molecule has 0 spiro atoms. The van der Waals surface area contributed by atoms with E-state index in [2.05, 4.69) is 12.2 Å². The first-order valence-corrected chi connectivity index (χ1v) is 9.32. The molecule has 5 heteroatoms. The number of rotatable bonds is 4. The number of anilines is 1. The van der Waals surface area contributed by atoms with Gasteiger partial charge in [-0.3, -0.25) is 9.59 Å². The third kappa shape index (κ3) is 4.85. The number of nitrogens with one attached hydrogen (secondary N) is 1. The van der Waals surface area contributed by atoms with Crippen LogP contribution in [0.5, 0.6) is 0 Å². The van der Waals surface area contributed by atoms with Gasteiger partial charge < -0.3 is 10.2 Å². The summed E-state index contributed by atoms with van der Waals surface area (Å²) in [6.45, 7) is 3.82. The van der Waals surface area contributed by atoms with Crippen molar-refractivity contribution in [2.75, 3.05) is 18.4 Å². The molecule has 1 aliphatic rings. The molecule has 1 fully saturated rings. The maximum atomic E-state index is 12.7. The van der Waals surface area contributed by atoms with Gasteiger partial charge in [0.1, 0.15) is 0 Å². The number of carbonyl (C=O) groups is 2. The van der Waals surface area contributed by atoms with E-state index in [1.54, 1.807) is 36.4 Å². The molecule has 1 N–H and O–H groups in total. The normalized spacial score (nSPS) is 14.9. The van der Waals surface area contributed by atoms with Crippen LogP contribution in [0.4, 0.5) is 5.69 Å². The highest BCUT2D eigenvalue weighted by Crippen LogP contribution is 2.20. The van der Waals surface area contributed by atoms with Crippen molar-refractivity contribution in [1.29, 1.82) is 0 Å². The quantitative estimate of drug-likeness (QED) is 0.867. The van der Waals surface area contributed by atoms with Gasteiger partial charge in [-0.15, -0.1) is 0 Å². The number of amides is 2. The summed E-state index contributed by atoms with van der Waals surface area (Å²) in [5.74, 6) is 0.590. The van der Waals surface area contributed by atoms with E-state index in [9.17, 15) is 9.59 Å². The Labute approximate surface area is 159 Å². The predicted octanol–water partition coefficient (Wildman–Crippen LogP) is 4.39. The number of benzene rings is 2. The molecule has 0 aromatic heterocycles. The van der Waals surface area contributed by atoms with Crippen molar-refractivity contribution in [3.63, 3.8) is 0 Å². The Morgan fingerprint density at radius 3 is 2.50 bits per heavy atom. The van der Waals surface area contributed by atoms with Crippen molar-refractivity contribution in [3.05, 3.63) is 64.7 Å². The number of carbonyl (C=O) groups excluding carboxylic acids is 2. The molecule has 1 saturated heterocycles. The minimum atomic E-state index is -0.122. The molecular formula is C21H23ClN2O2. The van der Waals surface area contributed by atoms with Crippen molar-refractivity contribution in [3.8, 4) is 0 Å². The monoisotopic (exact) mass is 370 g/mol. The number of likely N-dealkylation sites (tertiary alicyclic amines) is 1. The second-order valence-electron chi connectivity index (χ2n) is 6.91. The topological polar surface area (TPSA) is 49.4 Å². The van der Waals surface area contributed by atoms with Crippen molar-refractivity contribution in [1.82, 2.24) is 4.90 Å². The lowest BCUT2D eigenvalue weighted by Gasteiger charge is -2.30. The Kier molecular flexibility index (Phi) is 5.94. The maximum absolute atomic E-state index is 12.7. The minimum absolute atomic E-state index is 0.0331. The highest BCUT2D eigenvalue weighted by Gasteiger charge is 2.21. The van der Waals surface area contributed by atoms with Gasteiger partial charge in [-0.05, 0) is 54.7 Å². The van der Waals surface area contributed by atoms with Crippen LogP contribution in [-0.4, -0.2) is 29.8 Å². The van der Waals surface area contributed by atoms with Crippen LogP contribution in [0.3, 0.4) is 0 Å². The van der Waals surface area contributed by atoms with Crippen LogP contribution in [0, 0.1) is 5.92 Å². The summed E-state index contributed by atoms with van der Waals surface area (Å²) < 4.78 is 0. The standard InChI is InChI=1S/C21H23ClN2O2/c1-15-9-11-24(12-10-15)21(26)17-3-2-4-19(14-17)23-20(25)13-16-5-7-18(22)8-6-16/h2-8,14-15H,9-13H2,1H3,(H,23,25). The van der Waals surface area contributed by atoms with E-state index in [0.29, 0.717) is 22.2 Å². The summed E-state index contributed by atoms with van der Waals surface area (Å²) in [6, 6.07) is 14.4. The molecule has 2 amide bonds. The first kappa shape index (κ1) is 18.5. The average molecular weight is 371 g/mol. The van der Waals surface area contributed by atoms with Crippen LogP contribution in [0.1, 0.15) is 35.7 Å². The first-order chi connectivity index (χ1) is 12.5. The summed E-state index contributed by atoms with van der Waals surface area (Å²) in [5, 5.41) is 3.51. The molecule has 2 aromatic carbocycles. The van der Waals surface area contributed by atoms with Crippen LogP contribution in [0.25, 0.3) is 0 Å². The first-order valence-electron chi connectivity index (χ1n) is 8.95. The lowest BCUT2D eigenvalue weighted by Crippen LogP contribution is -2.37. The molecule has 1 aliphatic heterocycles. The van der Waals surface area contributed by atoms with Crippen molar-refractivity contribution in [2.24, 2.45) is 5.92 Å². The van der Waals surface area contributed by atoms with Crippen molar-refractivity contribution >= 4 is 29.1 Å². The van der Waals surface area contributed by atoms with Crippen LogP contribution >= 0.6 is 11.6 Å². The minimum Gasteiger partial charge on any atom is -0.339 e. The molecule has 4 nitrogen and oxygen atoms in total. The van der Waals surface area contributed by atoms with E-state index >= 15 is 0 Å². The fourth-order valence-corrected chi connectivity index (χ4v) is 3.24. The van der Waals surface area contributed by atoms with Gasteiger partial charge in [0.15, 0.2) is 0 Å². The number of halogens is 1. The van der Waals surface area contributed by atoms with Crippen molar-refractivity contribution in [2.45, 2.75) is 26.2 Å². The zero-order valence-corrected chi connectivity index (χ0v) is 15.6. The van der Waals surface area contributed by atoms with Gasteiger partial charge >= 0.3 is 0 Å². The van der Waals surface area contributed by atoms with E-state index < -0.39 is 0 Å². The molecule has 0 saturated carbocycles. The third-order valence-electron chi connectivity index (χ3n) is 4.74. The fourth-order valence-electron chi connectivity index (χ4n) is 3.12. The number of hydrogen-bond acceptors (Lipinski definition) is 2. The Morgan fingerprint density at radius 2 is 1.81 bits per heavy atom. The summed E-state index contributed by atoms with van der Waals surface area (Å²) in [5.41, 5.74) is 2.14. The molecule has 136 valence electrons. The molecular weight excluding hydrogens is 348 g/mol. The van der Waals surface area contributed by atoms with Gasteiger partial charge in [0.2, 0.25) is 5.91 Å². The number of piperidine rings is 1. The molecule has 0 aliphatic carbocycles. The molecule has 2 aromatic rings. The molecule has 3 rings (SSSR count). The zero-order chi connectivity index (χ0) is 18.5. The molecule has 0 radical (unpaired) electrons. The second-order valence-corrected chi connectivity index (χ2v) is 7.34. The summed E-state index contributed by atoms with van der Waals surface area (Å²) >= 11 is 5.86. The van der Waals surface area contributed by atoms with Gasteiger partial charge in [0, 0.05) is 29.4 Å². The number of hydrogen-bond donors (Lipinski definition) is 1. The SMILES string of the molecule is CC1CCN(C(=O)c2cccc(NC(=O)Cc3ccc(Cl)cc3)c2)CC1. The number of nitrogens with zero attached hydrogens (tertiary/aromatic N) is 1. The van der Waals surface area contributed by atoms with Gasteiger partial charge in [-0.1, -0.05) is 36.7 Å². The summed E-state index contributed by atoms with van der Waals surface area (Å²) in [4.78, 5) is 26.8. The Bertz CT molecular complexity index is 781. The summed E-state index contributed by atoms with van der Waals surface area (Å²) in [6.07, 6.45) is 2.35. The Balaban J connectivity index is 1.62. The van der Waals surface area contributed by atoms with E-state index in [4.69, 9.17) is 11.6 Å². The van der Waals surface area contributed by atoms with Gasteiger partial charge in [-0.2, -0.15) is 0 Å². The lowest BCUT2D eigenvalue weighted by molar-refractivity contribution is -0.115. The largest absolute Gasteiger partial charge is 0.339 e. The van der Waals surface area contributed by atoms with Gasteiger partial charge in [0.25, 0.3) is 5.91 Å². The van der Waals surface area contributed by atoms with Gasteiger partial charge in [-0.25, -0.2) is 0 Å². The van der Waals surface area contributed by atoms with Crippen molar-refractivity contribution < 1.29 is 9.59 Å². The zero-order valence-electron chi connectivity index (χ0n) is 14.9. The van der Waals surface area contributed by atoms with Gasteiger partial charge in [0.05, 0.1) is 6.42 Å². The highest BCUT2D eigenvalue weighted by atomic mass is 35.5. The van der Waals surface area contributed by atoms with Crippen LogP contribution in [-0.2, 0) is 11.2 Å². The maximum Gasteiger partial charge on any atom is 0.253 e. The van der Waals surface area contributed by atoms with Crippen LogP contribution in [0.15, 0.2) is 48.5 Å². The molecule has 0 bridgehead atoms. The summed E-state index contributed by atoms with van der Waals surface area (Å²) in [7, 11) is 0. The predicted molar refractivity (Wildman–Crippen MR) is 105 cm³/mol. The van der Waals surface area contributed by atoms with E-state index in [1.165, 1.54) is 0 Å². The molecule has 0 unspecified atom stereocenters. The molecule has 26 heavy (non-hydrogen) atoms. The van der Waals surface area contributed by atoms with E-state index in [1.807, 2.05) is 17.0 Å². The van der Waals surface area contributed by atoms with Crippen LogP contribution < -0.4 is 5.32 Å².